The summed E-state index contributed by atoms with van der Waals surface area (Å²) >= 11 is 0. The van der Waals surface area contributed by atoms with Gasteiger partial charge in [0.1, 0.15) is 11.9 Å². The topological polar surface area (TPSA) is 50.8 Å². The summed E-state index contributed by atoms with van der Waals surface area (Å²) in [5.74, 6) is 0.781. The van der Waals surface area contributed by atoms with Gasteiger partial charge in [-0.15, -0.1) is 0 Å². The van der Waals surface area contributed by atoms with Gasteiger partial charge in [0.2, 0.25) is 0 Å². The molecule has 27 heavy (non-hydrogen) atoms. The van der Waals surface area contributed by atoms with Gasteiger partial charge in [0.25, 0.3) is 0 Å². The normalized spacial score (nSPS) is 15.0. The summed E-state index contributed by atoms with van der Waals surface area (Å²) in [4.78, 5) is 14.6. The van der Waals surface area contributed by atoms with E-state index in [1.165, 1.54) is 25.7 Å². The van der Waals surface area contributed by atoms with Crippen molar-refractivity contribution in [3.8, 4) is 5.75 Å². The van der Waals surface area contributed by atoms with Crippen molar-refractivity contribution in [1.29, 1.82) is 0 Å². The Balaban J connectivity index is 0.00000364. The number of nitrogens with one attached hydrogen (secondary N) is 1. The van der Waals surface area contributed by atoms with Gasteiger partial charge in [-0.3, -0.25) is 5.32 Å². The Morgan fingerprint density at radius 2 is 1.89 bits per heavy atom. The molecule has 0 aromatic heterocycles. The molecular weight excluding hydrogens is 364 g/mol. The first-order valence-electron chi connectivity index (χ1n) is 10.1. The molecule has 0 atom stereocenters. The molecule has 2 rings (SSSR count). The van der Waals surface area contributed by atoms with Crippen molar-refractivity contribution in [3.05, 3.63) is 24.3 Å². The Bertz CT molecular complexity index is 534. The molecule has 1 fully saturated rings. The summed E-state index contributed by atoms with van der Waals surface area (Å²) < 4.78 is 11.3. The number of anilines is 1. The summed E-state index contributed by atoms with van der Waals surface area (Å²) in [5.41, 5.74) is 0.711. The molecule has 154 valence electrons. The fraction of sp³-hybridized carbons (Fsp3) is 0.667. The SMILES string of the molecule is CCCCCOc1cccc(NC(=O)OC2CCN(CCCC)CC2)c1.[Cl-]. The van der Waals surface area contributed by atoms with Gasteiger partial charge in [-0.25, -0.2) is 4.79 Å². The van der Waals surface area contributed by atoms with Crippen LogP contribution in [0.1, 0.15) is 58.8 Å². The second-order valence-corrected chi connectivity index (χ2v) is 7.01. The van der Waals surface area contributed by atoms with Crippen LogP contribution in [0, 0.1) is 0 Å². The second kappa shape index (κ2) is 13.7. The lowest BCUT2D eigenvalue weighted by molar-refractivity contribution is -0.0000168. The Morgan fingerprint density at radius 1 is 1.15 bits per heavy atom. The van der Waals surface area contributed by atoms with E-state index in [1.807, 2.05) is 24.3 Å². The average Bonchev–Trinajstić information content (AvgIpc) is 2.65. The second-order valence-electron chi connectivity index (χ2n) is 7.01. The Morgan fingerprint density at radius 3 is 2.59 bits per heavy atom. The number of carbonyl (C=O) groups excluding carboxylic acids is 1. The molecular formula is C21H34ClN2O3-. The van der Waals surface area contributed by atoms with Crippen molar-refractivity contribution >= 4 is 11.8 Å². The van der Waals surface area contributed by atoms with Crippen molar-refractivity contribution < 1.29 is 26.7 Å². The van der Waals surface area contributed by atoms with Gasteiger partial charge in [0.15, 0.2) is 0 Å². The first-order chi connectivity index (χ1) is 12.7. The summed E-state index contributed by atoms with van der Waals surface area (Å²) in [6, 6.07) is 7.50. The fourth-order valence-electron chi connectivity index (χ4n) is 3.14. The number of hydrogen-bond donors (Lipinski definition) is 1. The molecule has 1 aliphatic heterocycles. The van der Waals surface area contributed by atoms with E-state index in [2.05, 4.69) is 24.1 Å². The third-order valence-corrected chi connectivity index (χ3v) is 4.73. The number of piperidine rings is 1. The number of carbonyl (C=O) groups is 1. The van der Waals surface area contributed by atoms with Gasteiger partial charge in [0, 0.05) is 24.8 Å². The van der Waals surface area contributed by atoms with Crippen molar-refractivity contribution in [2.45, 2.75) is 64.9 Å². The van der Waals surface area contributed by atoms with Crippen molar-refractivity contribution in [1.82, 2.24) is 4.90 Å². The Kier molecular flexibility index (Phi) is 11.9. The number of hydrogen-bond acceptors (Lipinski definition) is 4. The van der Waals surface area contributed by atoms with Gasteiger partial charge in [0.05, 0.1) is 6.61 Å². The van der Waals surface area contributed by atoms with E-state index in [9.17, 15) is 4.79 Å². The molecule has 1 saturated heterocycles. The molecule has 0 aliphatic carbocycles. The minimum atomic E-state index is -0.375. The lowest BCUT2D eigenvalue weighted by Crippen LogP contribution is -3.00. The summed E-state index contributed by atoms with van der Waals surface area (Å²) in [6.07, 6.45) is 7.32. The monoisotopic (exact) mass is 397 g/mol. The van der Waals surface area contributed by atoms with E-state index in [4.69, 9.17) is 9.47 Å². The lowest BCUT2D eigenvalue weighted by Gasteiger charge is -2.31. The van der Waals surface area contributed by atoms with Crippen molar-refractivity contribution in [3.63, 3.8) is 0 Å². The van der Waals surface area contributed by atoms with Gasteiger partial charge in [-0.1, -0.05) is 39.2 Å². The van der Waals surface area contributed by atoms with Crippen LogP contribution in [-0.4, -0.2) is 43.3 Å². The number of halogens is 1. The van der Waals surface area contributed by atoms with Crippen molar-refractivity contribution in [2.24, 2.45) is 0 Å². The molecule has 0 bridgehead atoms. The number of amides is 1. The fourth-order valence-corrected chi connectivity index (χ4v) is 3.14. The zero-order valence-corrected chi connectivity index (χ0v) is 17.5. The summed E-state index contributed by atoms with van der Waals surface area (Å²) in [7, 11) is 0. The Hall–Kier alpha value is -1.46. The van der Waals surface area contributed by atoms with Crippen LogP contribution in [0.4, 0.5) is 10.5 Å². The number of nitrogens with zero attached hydrogens (tertiary/aromatic N) is 1. The van der Waals surface area contributed by atoms with Gasteiger partial charge in [-0.05, 0) is 44.4 Å². The van der Waals surface area contributed by atoms with Crippen LogP contribution in [0.2, 0.25) is 0 Å². The van der Waals surface area contributed by atoms with E-state index in [1.54, 1.807) is 0 Å². The molecule has 1 aromatic carbocycles. The van der Waals surface area contributed by atoms with Crippen LogP contribution in [0.25, 0.3) is 0 Å². The highest BCUT2D eigenvalue weighted by molar-refractivity contribution is 5.84. The van der Waals surface area contributed by atoms with Crippen LogP contribution >= 0.6 is 0 Å². The predicted molar refractivity (Wildman–Crippen MR) is 106 cm³/mol. The summed E-state index contributed by atoms with van der Waals surface area (Å²) in [5, 5.41) is 2.82. The average molecular weight is 398 g/mol. The van der Waals surface area contributed by atoms with Gasteiger partial charge in [-0.2, -0.15) is 0 Å². The van der Waals surface area contributed by atoms with E-state index in [-0.39, 0.29) is 24.6 Å². The first kappa shape index (κ1) is 23.6. The quantitative estimate of drug-likeness (QED) is 0.614. The number of benzene rings is 1. The molecule has 1 amide bonds. The minimum absolute atomic E-state index is 0. The molecule has 6 heteroatoms. The highest BCUT2D eigenvalue weighted by Gasteiger charge is 2.22. The van der Waals surface area contributed by atoms with E-state index < -0.39 is 0 Å². The molecule has 1 aromatic rings. The zero-order valence-electron chi connectivity index (χ0n) is 16.7. The Labute approximate surface area is 170 Å². The molecule has 0 spiro atoms. The third kappa shape index (κ3) is 9.34. The van der Waals surface area contributed by atoms with Crippen LogP contribution in [0.15, 0.2) is 24.3 Å². The maximum atomic E-state index is 12.2. The highest BCUT2D eigenvalue weighted by Crippen LogP contribution is 2.19. The number of unbranched alkanes of at least 4 members (excludes halogenated alkanes) is 3. The molecule has 1 aliphatic rings. The number of likely N-dealkylation sites (tertiary alicyclic amines) is 1. The first-order valence-corrected chi connectivity index (χ1v) is 10.1. The van der Waals surface area contributed by atoms with E-state index >= 15 is 0 Å². The molecule has 0 unspecified atom stereocenters. The smallest absolute Gasteiger partial charge is 0.411 e. The van der Waals surface area contributed by atoms with Crippen LogP contribution < -0.4 is 22.5 Å². The van der Waals surface area contributed by atoms with Gasteiger partial charge >= 0.3 is 6.09 Å². The van der Waals surface area contributed by atoms with Crippen LogP contribution in [0.5, 0.6) is 5.75 Å². The van der Waals surface area contributed by atoms with Crippen LogP contribution in [-0.2, 0) is 4.74 Å². The van der Waals surface area contributed by atoms with Crippen LogP contribution in [0.3, 0.4) is 0 Å². The molecule has 1 heterocycles. The van der Waals surface area contributed by atoms with Crippen molar-refractivity contribution in [2.75, 3.05) is 31.6 Å². The molecule has 5 nitrogen and oxygen atoms in total. The standard InChI is InChI=1S/C21H34N2O3.ClH/c1-3-5-7-16-25-20-10-8-9-18(17-20)22-21(24)26-19-11-14-23(15-12-19)13-6-4-2;/h8-10,17,19H,3-7,11-16H2,1-2H3,(H,22,24);1H/p-1. The number of ether oxygens (including phenoxy) is 2. The molecule has 1 N–H and O–H groups in total. The van der Waals surface area contributed by atoms with E-state index in [0.717, 1.165) is 44.6 Å². The number of rotatable bonds is 10. The largest absolute Gasteiger partial charge is 1.00 e. The van der Waals surface area contributed by atoms with E-state index in [0.29, 0.717) is 12.3 Å². The zero-order chi connectivity index (χ0) is 18.6. The highest BCUT2D eigenvalue weighted by atomic mass is 35.5. The predicted octanol–water partition coefficient (Wildman–Crippen LogP) is 2.07. The third-order valence-electron chi connectivity index (χ3n) is 4.73. The minimum Gasteiger partial charge on any atom is -1.00 e. The lowest BCUT2D eigenvalue weighted by atomic mass is 10.1. The maximum Gasteiger partial charge on any atom is 0.411 e. The maximum absolute atomic E-state index is 12.2. The van der Waals surface area contributed by atoms with Gasteiger partial charge < -0.3 is 26.8 Å². The molecule has 0 radical (unpaired) electrons. The molecule has 0 saturated carbocycles. The summed E-state index contributed by atoms with van der Waals surface area (Å²) in [6.45, 7) is 8.27.